The molecule has 0 fully saturated rings. The number of aryl methyl sites for hydroxylation is 1. The van der Waals surface area contributed by atoms with Crippen molar-refractivity contribution in [1.29, 1.82) is 0 Å². The Morgan fingerprint density at radius 3 is 2.84 bits per heavy atom. The summed E-state index contributed by atoms with van der Waals surface area (Å²) in [5.41, 5.74) is 8.14. The van der Waals surface area contributed by atoms with Crippen molar-refractivity contribution in [3.8, 4) is 11.8 Å². The van der Waals surface area contributed by atoms with Gasteiger partial charge >= 0.3 is 0 Å². The summed E-state index contributed by atoms with van der Waals surface area (Å²) in [4.78, 5) is 0. The fourth-order valence-electron chi connectivity index (χ4n) is 2.76. The minimum absolute atomic E-state index is 0.986. The van der Waals surface area contributed by atoms with E-state index in [0.29, 0.717) is 0 Å². The fraction of sp³-hybridized carbons (Fsp3) is 0.444. The van der Waals surface area contributed by atoms with Crippen LogP contribution in [0.25, 0.3) is 6.08 Å². The Morgan fingerprint density at radius 1 is 1.37 bits per heavy atom. The minimum atomic E-state index is 0.986. The van der Waals surface area contributed by atoms with Crippen LogP contribution in [-0.4, -0.2) is 6.54 Å². The molecule has 1 N–H and O–H groups in total. The summed E-state index contributed by atoms with van der Waals surface area (Å²) < 4.78 is 0. The Labute approximate surface area is 117 Å². The smallest absolute Gasteiger partial charge is 0.0349 e. The Kier molecular flexibility index (Phi) is 4.45. The highest BCUT2D eigenvalue weighted by Crippen LogP contribution is 2.27. The van der Waals surface area contributed by atoms with Crippen molar-refractivity contribution in [2.75, 3.05) is 6.54 Å². The summed E-state index contributed by atoms with van der Waals surface area (Å²) in [6.07, 6.45) is 4.66. The van der Waals surface area contributed by atoms with Crippen LogP contribution >= 0.6 is 0 Å². The second-order valence-electron chi connectivity index (χ2n) is 5.50. The number of nitrogens with one attached hydrogen (secondary N) is 1. The third kappa shape index (κ3) is 3.08. The van der Waals surface area contributed by atoms with Gasteiger partial charge in [-0.2, -0.15) is 0 Å². The van der Waals surface area contributed by atoms with Gasteiger partial charge in [-0.15, -0.1) is 5.92 Å². The molecule has 0 radical (unpaired) electrons. The molecule has 100 valence electrons. The zero-order valence-electron chi connectivity index (χ0n) is 12.5. The lowest BCUT2D eigenvalue weighted by molar-refractivity contribution is 0.680. The van der Waals surface area contributed by atoms with Gasteiger partial charge in [0.15, 0.2) is 0 Å². The van der Waals surface area contributed by atoms with Crippen LogP contribution in [0, 0.1) is 18.8 Å². The van der Waals surface area contributed by atoms with Crippen LogP contribution in [0.15, 0.2) is 11.6 Å². The van der Waals surface area contributed by atoms with Gasteiger partial charge in [-0.1, -0.05) is 23.6 Å². The first-order chi connectivity index (χ1) is 9.13. The first-order valence-electron chi connectivity index (χ1n) is 7.07. The van der Waals surface area contributed by atoms with Crippen LogP contribution in [-0.2, 0) is 13.0 Å². The maximum atomic E-state index is 3.51. The van der Waals surface area contributed by atoms with Crippen LogP contribution in [0.5, 0.6) is 0 Å². The van der Waals surface area contributed by atoms with E-state index in [1.165, 1.54) is 39.8 Å². The van der Waals surface area contributed by atoms with Crippen molar-refractivity contribution in [1.82, 2.24) is 5.32 Å². The summed E-state index contributed by atoms with van der Waals surface area (Å²) in [6, 6.07) is 2.32. The van der Waals surface area contributed by atoms with Crippen LogP contribution in [0.1, 0.15) is 55.0 Å². The average Bonchev–Trinajstić information content (AvgIpc) is 2.58. The van der Waals surface area contributed by atoms with E-state index in [4.69, 9.17) is 0 Å². The number of allylic oxidation sites excluding steroid dienone is 1. The highest BCUT2D eigenvalue weighted by molar-refractivity contribution is 5.68. The SMILES string of the molecule is CC#Cc1c(C)cc2c(c1C=C(C)C)CCCNC2. The van der Waals surface area contributed by atoms with Gasteiger partial charge in [-0.05, 0) is 69.3 Å². The van der Waals surface area contributed by atoms with Gasteiger partial charge in [0, 0.05) is 12.1 Å². The Balaban J connectivity index is 2.71. The summed E-state index contributed by atoms with van der Waals surface area (Å²) >= 11 is 0. The second kappa shape index (κ2) is 6.08. The first kappa shape index (κ1) is 13.9. The minimum Gasteiger partial charge on any atom is -0.313 e. The van der Waals surface area contributed by atoms with Gasteiger partial charge in [0.2, 0.25) is 0 Å². The summed E-state index contributed by atoms with van der Waals surface area (Å²) in [5, 5.41) is 3.51. The van der Waals surface area contributed by atoms with Crippen LogP contribution in [0.2, 0.25) is 0 Å². The molecule has 0 atom stereocenters. The maximum absolute atomic E-state index is 3.51. The normalized spacial score (nSPS) is 13.9. The molecule has 0 saturated heterocycles. The number of fused-ring (bicyclic) bond motifs is 1. The van der Waals surface area contributed by atoms with Gasteiger partial charge in [-0.25, -0.2) is 0 Å². The van der Waals surface area contributed by atoms with Gasteiger partial charge < -0.3 is 5.32 Å². The number of hydrogen-bond acceptors (Lipinski definition) is 1. The Bertz CT molecular complexity index is 564. The molecule has 1 aliphatic rings. The molecule has 1 aromatic carbocycles. The Morgan fingerprint density at radius 2 is 2.16 bits per heavy atom. The molecule has 0 bridgehead atoms. The van der Waals surface area contributed by atoms with Gasteiger partial charge in [0.25, 0.3) is 0 Å². The van der Waals surface area contributed by atoms with E-state index < -0.39 is 0 Å². The standard InChI is InChI=1S/C18H23N/c1-5-7-16-14(4)11-15-12-19-9-6-8-17(15)18(16)10-13(2)3/h10-11,19H,6,8-9,12H2,1-4H3. The molecular weight excluding hydrogens is 230 g/mol. The molecule has 0 unspecified atom stereocenters. The lowest BCUT2D eigenvalue weighted by Crippen LogP contribution is -2.12. The lowest BCUT2D eigenvalue weighted by atomic mass is 9.89. The third-order valence-corrected chi connectivity index (χ3v) is 3.55. The van der Waals surface area contributed by atoms with Crippen molar-refractivity contribution in [3.05, 3.63) is 39.5 Å². The highest BCUT2D eigenvalue weighted by atomic mass is 14.8. The molecule has 1 nitrogen and oxygen atoms in total. The van der Waals surface area contributed by atoms with E-state index in [2.05, 4.69) is 50.1 Å². The van der Waals surface area contributed by atoms with Crippen molar-refractivity contribution >= 4 is 6.08 Å². The summed E-state index contributed by atoms with van der Waals surface area (Å²) in [6.45, 7) is 10.5. The van der Waals surface area contributed by atoms with E-state index >= 15 is 0 Å². The van der Waals surface area contributed by atoms with E-state index in [1.807, 2.05) is 6.92 Å². The van der Waals surface area contributed by atoms with E-state index in [-0.39, 0.29) is 0 Å². The van der Waals surface area contributed by atoms with Crippen LogP contribution in [0.4, 0.5) is 0 Å². The predicted octanol–water partition coefficient (Wildman–Crippen LogP) is 3.83. The third-order valence-electron chi connectivity index (χ3n) is 3.55. The Hall–Kier alpha value is -1.52. The zero-order chi connectivity index (χ0) is 13.8. The van der Waals surface area contributed by atoms with Crippen LogP contribution in [0.3, 0.4) is 0 Å². The molecule has 19 heavy (non-hydrogen) atoms. The van der Waals surface area contributed by atoms with Crippen molar-refractivity contribution in [3.63, 3.8) is 0 Å². The fourth-order valence-corrected chi connectivity index (χ4v) is 2.76. The van der Waals surface area contributed by atoms with Gasteiger partial charge in [0.05, 0.1) is 0 Å². The van der Waals surface area contributed by atoms with Crippen molar-refractivity contribution in [2.24, 2.45) is 0 Å². The predicted molar refractivity (Wildman–Crippen MR) is 83.1 cm³/mol. The zero-order valence-corrected chi connectivity index (χ0v) is 12.5. The maximum Gasteiger partial charge on any atom is 0.0349 e. The van der Waals surface area contributed by atoms with Crippen molar-refractivity contribution in [2.45, 2.75) is 47.1 Å². The molecule has 1 aliphatic heterocycles. The number of hydrogen-bond donors (Lipinski definition) is 1. The summed E-state index contributed by atoms with van der Waals surface area (Å²) in [5.74, 6) is 6.37. The molecule has 0 amide bonds. The van der Waals surface area contributed by atoms with Crippen LogP contribution < -0.4 is 5.32 Å². The van der Waals surface area contributed by atoms with Gasteiger partial charge in [-0.3, -0.25) is 0 Å². The van der Waals surface area contributed by atoms with Crippen molar-refractivity contribution < 1.29 is 0 Å². The van der Waals surface area contributed by atoms with E-state index in [9.17, 15) is 0 Å². The molecular formula is C18H23N. The average molecular weight is 253 g/mol. The molecule has 1 aromatic rings. The summed E-state index contributed by atoms with van der Waals surface area (Å²) in [7, 11) is 0. The number of benzene rings is 1. The highest BCUT2D eigenvalue weighted by Gasteiger charge is 2.15. The first-order valence-corrected chi connectivity index (χ1v) is 7.07. The van der Waals surface area contributed by atoms with E-state index in [1.54, 1.807) is 0 Å². The molecule has 0 aromatic heterocycles. The number of rotatable bonds is 1. The quantitative estimate of drug-likeness (QED) is 0.750. The van der Waals surface area contributed by atoms with E-state index in [0.717, 1.165) is 19.5 Å². The lowest BCUT2D eigenvalue weighted by Gasteiger charge is -2.15. The topological polar surface area (TPSA) is 12.0 Å². The van der Waals surface area contributed by atoms with Gasteiger partial charge in [0.1, 0.15) is 0 Å². The monoisotopic (exact) mass is 253 g/mol. The molecule has 2 rings (SSSR count). The molecule has 0 saturated carbocycles. The molecule has 0 spiro atoms. The molecule has 1 heteroatoms. The molecule has 0 aliphatic carbocycles. The largest absolute Gasteiger partial charge is 0.313 e. The molecule has 1 heterocycles. The second-order valence-corrected chi connectivity index (χ2v) is 5.50.